The van der Waals surface area contributed by atoms with Crippen molar-refractivity contribution in [2.45, 2.75) is 19.9 Å². The van der Waals surface area contributed by atoms with Crippen molar-refractivity contribution in [2.24, 2.45) is 5.73 Å². The van der Waals surface area contributed by atoms with Gasteiger partial charge in [0, 0.05) is 31.2 Å². The Bertz CT molecular complexity index is 1510. The quantitative estimate of drug-likeness (QED) is 0.455. The van der Waals surface area contributed by atoms with Gasteiger partial charge < -0.3 is 24.9 Å². The minimum absolute atomic E-state index is 0.0682. The lowest BCUT2D eigenvalue weighted by Crippen LogP contribution is -2.55. The van der Waals surface area contributed by atoms with Crippen molar-refractivity contribution in [1.29, 1.82) is 0 Å². The third-order valence-electron chi connectivity index (χ3n) is 6.38. The first-order valence-electron chi connectivity index (χ1n) is 11.5. The molecule has 1 fully saturated rings. The predicted molar refractivity (Wildman–Crippen MR) is 130 cm³/mol. The summed E-state index contributed by atoms with van der Waals surface area (Å²) < 4.78 is 20.5. The van der Waals surface area contributed by atoms with Crippen LogP contribution in [0.2, 0.25) is 0 Å². The van der Waals surface area contributed by atoms with E-state index in [0.717, 1.165) is 0 Å². The standard InChI is InChI=1S/C26H24FN5O4/c1-14-13-31(10-11-32(14)26(35)21-9-6-15(2)36-21)25(34)17-8-7-16(12-19(17)27)24-29-20-5-3-4-18(23(28)33)22(20)30-24/h3-9,12,14H,10-11,13H2,1-2H3,(H2,28,33)(H,29,30). The predicted octanol–water partition coefficient (Wildman–Crippen LogP) is 3.36. The number of nitrogens with one attached hydrogen (secondary N) is 1. The molecule has 9 nitrogen and oxygen atoms in total. The molecule has 10 heteroatoms. The van der Waals surface area contributed by atoms with Gasteiger partial charge in [0.2, 0.25) is 0 Å². The van der Waals surface area contributed by atoms with Crippen LogP contribution >= 0.6 is 0 Å². The number of amides is 3. The lowest BCUT2D eigenvalue weighted by Gasteiger charge is -2.39. The van der Waals surface area contributed by atoms with E-state index >= 15 is 4.39 Å². The smallest absolute Gasteiger partial charge is 0.289 e. The molecule has 0 aliphatic carbocycles. The molecule has 2 aromatic carbocycles. The van der Waals surface area contributed by atoms with Crippen molar-refractivity contribution in [3.8, 4) is 11.4 Å². The van der Waals surface area contributed by atoms with Crippen LogP contribution in [0.1, 0.15) is 44.0 Å². The first-order chi connectivity index (χ1) is 17.2. The summed E-state index contributed by atoms with van der Waals surface area (Å²) in [7, 11) is 0. The van der Waals surface area contributed by atoms with E-state index in [0.29, 0.717) is 34.7 Å². The van der Waals surface area contributed by atoms with E-state index in [1.54, 1.807) is 53.1 Å². The molecule has 1 aliphatic rings. The van der Waals surface area contributed by atoms with Crippen molar-refractivity contribution < 1.29 is 23.2 Å². The molecule has 36 heavy (non-hydrogen) atoms. The van der Waals surface area contributed by atoms with Crippen molar-refractivity contribution in [1.82, 2.24) is 19.8 Å². The van der Waals surface area contributed by atoms with E-state index in [-0.39, 0.29) is 41.9 Å². The van der Waals surface area contributed by atoms with Crippen LogP contribution in [-0.2, 0) is 0 Å². The van der Waals surface area contributed by atoms with Crippen LogP contribution in [0.4, 0.5) is 4.39 Å². The van der Waals surface area contributed by atoms with E-state index in [1.807, 2.05) is 6.92 Å². The number of aryl methyl sites for hydroxylation is 1. The maximum absolute atomic E-state index is 15.1. The number of hydrogen-bond acceptors (Lipinski definition) is 5. The van der Waals surface area contributed by atoms with Gasteiger partial charge in [-0.15, -0.1) is 0 Å². The summed E-state index contributed by atoms with van der Waals surface area (Å²) in [5.41, 5.74) is 7.02. The Morgan fingerprint density at radius 1 is 1.08 bits per heavy atom. The van der Waals surface area contributed by atoms with E-state index in [1.165, 1.54) is 12.1 Å². The molecular formula is C26H24FN5O4. The topological polar surface area (TPSA) is 126 Å². The maximum atomic E-state index is 15.1. The lowest BCUT2D eigenvalue weighted by atomic mass is 10.1. The number of imidazole rings is 1. The van der Waals surface area contributed by atoms with Crippen molar-refractivity contribution in [3.63, 3.8) is 0 Å². The first kappa shape index (κ1) is 23.3. The van der Waals surface area contributed by atoms with Crippen molar-refractivity contribution in [3.05, 3.63) is 77.0 Å². The lowest BCUT2D eigenvalue weighted by molar-refractivity contribution is 0.0392. The molecule has 1 aliphatic heterocycles. The molecule has 2 aromatic heterocycles. The fraction of sp³-hybridized carbons (Fsp3) is 0.231. The Morgan fingerprint density at radius 3 is 2.56 bits per heavy atom. The number of rotatable bonds is 4. The van der Waals surface area contributed by atoms with Crippen LogP contribution in [0.25, 0.3) is 22.4 Å². The van der Waals surface area contributed by atoms with Gasteiger partial charge in [0.1, 0.15) is 22.9 Å². The summed E-state index contributed by atoms with van der Waals surface area (Å²) in [5, 5.41) is 0. The van der Waals surface area contributed by atoms with Crippen LogP contribution in [0.15, 0.2) is 52.9 Å². The fourth-order valence-electron chi connectivity index (χ4n) is 4.51. The third kappa shape index (κ3) is 4.10. The minimum Gasteiger partial charge on any atom is -0.456 e. The molecule has 3 N–H and O–H groups in total. The fourth-order valence-corrected chi connectivity index (χ4v) is 4.51. The highest BCUT2D eigenvalue weighted by Crippen LogP contribution is 2.26. The molecule has 3 amide bonds. The number of para-hydroxylation sites is 1. The Kier molecular flexibility index (Phi) is 5.79. The number of H-pyrrole nitrogens is 1. The molecule has 1 unspecified atom stereocenters. The van der Waals surface area contributed by atoms with E-state index in [4.69, 9.17) is 10.2 Å². The first-order valence-corrected chi connectivity index (χ1v) is 11.5. The van der Waals surface area contributed by atoms with Gasteiger partial charge in [0.25, 0.3) is 17.7 Å². The number of primary amides is 1. The number of halogens is 1. The Hall–Kier alpha value is -4.47. The summed E-state index contributed by atoms with van der Waals surface area (Å²) in [4.78, 5) is 48.2. The van der Waals surface area contributed by atoms with Crippen LogP contribution in [0.5, 0.6) is 0 Å². The van der Waals surface area contributed by atoms with Gasteiger partial charge in [0.15, 0.2) is 5.76 Å². The average molecular weight is 490 g/mol. The van der Waals surface area contributed by atoms with Gasteiger partial charge in [-0.25, -0.2) is 9.37 Å². The molecule has 0 saturated carbocycles. The number of hydrogen-bond donors (Lipinski definition) is 2. The van der Waals surface area contributed by atoms with Gasteiger partial charge in [0.05, 0.1) is 16.6 Å². The molecule has 1 atom stereocenters. The van der Waals surface area contributed by atoms with Gasteiger partial charge in [-0.1, -0.05) is 12.1 Å². The summed E-state index contributed by atoms with van der Waals surface area (Å²) in [5.74, 6) is -0.725. The Labute approximate surface area is 205 Å². The highest BCUT2D eigenvalue weighted by atomic mass is 19.1. The highest BCUT2D eigenvalue weighted by Gasteiger charge is 2.32. The molecule has 0 radical (unpaired) electrons. The van der Waals surface area contributed by atoms with E-state index in [9.17, 15) is 14.4 Å². The summed E-state index contributed by atoms with van der Waals surface area (Å²) in [6.45, 7) is 4.46. The van der Waals surface area contributed by atoms with Crippen LogP contribution in [0.3, 0.4) is 0 Å². The van der Waals surface area contributed by atoms with Gasteiger partial charge in [-0.2, -0.15) is 0 Å². The number of aromatic nitrogens is 2. The molecule has 5 rings (SSSR count). The second kappa shape index (κ2) is 8.95. The SMILES string of the molecule is Cc1ccc(C(=O)N2CCN(C(=O)c3ccc(-c4nc5c(C(N)=O)cccc5[nH]4)cc3F)CC2C)o1. The monoisotopic (exact) mass is 489 g/mol. The zero-order valence-corrected chi connectivity index (χ0v) is 19.7. The number of benzene rings is 2. The Morgan fingerprint density at radius 2 is 1.89 bits per heavy atom. The Balaban J connectivity index is 1.33. The van der Waals surface area contributed by atoms with E-state index < -0.39 is 17.6 Å². The zero-order chi connectivity index (χ0) is 25.6. The minimum atomic E-state index is -0.690. The number of carbonyl (C=O) groups excluding carboxylic acids is 3. The number of nitrogens with zero attached hydrogens (tertiary/aromatic N) is 3. The summed E-state index contributed by atoms with van der Waals surface area (Å²) in [6.07, 6.45) is 0. The van der Waals surface area contributed by atoms with Crippen LogP contribution < -0.4 is 5.73 Å². The number of fused-ring (bicyclic) bond motifs is 1. The zero-order valence-electron chi connectivity index (χ0n) is 19.7. The highest BCUT2D eigenvalue weighted by molar-refractivity contribution is 6.04. The van der Waals surface area contributed by atoms with Crippen LogP contribution in [-0.4, -0.2) is 63.2 Å². The van der Waals surface area contributed by atoms with Gasteiger partial charge >= 0.3 is 0 Å². The number of nitrogens with two attached hydrogens (primary N) is 1. The molecule has 0 spiro atoms. The molecule has 4 aromatic rings. The number of furan rings is 1. The second-order valence-electron chi connectivity index (χ2n) is 8.86. The molecule has 0 bridgehead atoms. The summed E-state index contributed by atoms with van der Waals surface area (Å²) in [6, 6.07) is 12.3. The molecule has 3 heterocycles. The molecular weight excluding hydrogens is 465 g/mol. The largest absolute Gasteiger partial charge is 0.456 e. The average Bonchev–Trinajstić information content (AvgIpc) is 3.49. The molecule has 184 valence electrons. The summed E-state index contributed by atoms with van der Waals surface area (Å²) >= 11 is 0. The third-order valence-corrected chi connectivity index (χ3v) is 6.38. The molecule has 1 saturated heterocycles. The second-order valence-corrected chi connectivity index (χ2v) is 8.86. The van der Waals surface area contributed by atoms with E-state index in [2.05, 4.69) is 9.97 Å². The van der Waals surface area contributed by atoms with Crippen LogP contribution in [0, 0.1) is 12.7 Å². The number of carbonyl (C=O) groups is 3. The van der Waals surface area contributed by atoms with Crippen molar-refractivity contribution >= 4 is 28.8 Å². The number of piperazine rings is 1. The van der Waals surface area contributed by atoms with Crippen molar-refractivity contribution in [2.75, 3.05) is 19.6 Å². The van der Waals surface area contributed by atoms with Gasteiger partial charge in [-0.05, 0) is 50.2 Å². The normalized spacial score (nSPS) is 15.9. The number of aromatic amines is 1. The maximum Gasteiger partial charge on any atom is 0.289 e. The van der Waals surface area contributed by atoms with Gasteiger partial charge in [-0.3, -0.25) is 14.4 Å².